The summed E-state index contributed by atoms with van der Waals surface area (Å²) < 4.78 is 0. The van der Waals surface area contributed by atoms with Crippen molar-refractivity contribution in [2.24, 2.45) is 28.6 Å². The van der Waals surface area contributed by atoms with Crippen LogP contribution in [-0.4, -0.2) is 11.2 Å². The van der Waals surface area contributed by atoms with E-state index in [0.29, 0.717) is 10.8 Å². The van der Waals surface area contributed by atoms with Crippen molar-refractivity contribution in [2.75, 3.05) is 0 Å². The van der Waals surface area contributed by atoms with Crippen LogP contribution in [0.2, 0.25) is 0 Å². The maximum absolute atomic E-state index is 10.0. The molecule has 0 amide bonds. The minimum atomic E-state index is -0.172. The highest BCUT2D eigenvalue weighted by Gasteiger charge is 2.57. The Morgan fingerprint density at radius 2 is 1.73 bits per heavy atom. The maximum atomic E-state index is 10.0. The molecule has 4 aliphatic carbocycles. The molecule has 0 bridgehead atoms. The lowest BCUT2D eigenvalue weighted by atomic mass is 9.47. The molecule has 3 fully saturated rings. The Morgan fingerprint density at radius 3 is 2.50 bits per heavy atom. The zero-order chi connectivity index (χ0) is 15.5. The Labute approximate surface area is 135 Å². The van der Waals surface area contributed by atoms with E-state index in [-0.39, 0.29) is 6.10 Å². The van der Waals surface area contributed by atoms with Gasteiger partial charge in [-0.15, -0.1) is 0 Å². The number of rotatable bonds is 0. The molecule has 3 saturated carbocycles. The molecule has 0 radical (unpaired) electrons. The first kappa shape index (κ1) is 15.0. The van der Waals surface area contributed by atoms with E-state index < -0.39 is 0 Å². The number of allylic oxidation sites excluding steroid dienone is 3. The normalized spacial score (nSPS) is 52.7. The minimum Gasteiger partial charge on any atom is -0.389 e. The van der Waals surface area contributed by atoms with Gasteiger partial charge in [0.2, 0.25) is 0 Å². The van der Waals surface area contributed by atoms with Crippen molar-refractivity contribution in [1.82, 2.24) is 0 Å². The molecule has 22 heavy (non-hydrogen) atoms. The number of hydrogen-bond donors (Lipinski definition) is 1. The van der Waals surface area contributed by atoms with Crippen molar-refractivity contribution in [1.29, 1.82) is 0 Å². The molecule has 3 unspecified atom stereocenters. The third-order valence-corrected chi connectivity index (χ3v) is 8.29. The number of hydrogen-bond acceptors (Lipinski definition) is 1. The molecule has 0 aliphatic heterocycles. The number of aliphatic hydroxyl groups is 1. The molecule has 1 nitrogen and oxygen atoms in total. The van der Waals surface area contributed by atoms with E-state index in [0.717, 1.165) is 24.2 Å². The summed E-state index contributed by atoms with van der Waals surface area (Å²) in [6, 6.07) is 0. The molecule has 0 saturated heterocycles. The molecule has 4 rings (SSSR count). The third-order valence-electron chi connectivity index (χ3n) is 8.29. The van der Waals surface area contributed by atoms with Gasteiger partial charge in [-0.3, -0.25) is 0 Å². The van der Waals surface area contributed by atoms with E-state index in [1.807, 2.05) is 0 Å². The van der Waals surface area contributed by atoms with Crippen LogP contribution in [0.3, 0.4) is 0 Å². The van der Waals surface area contributed by atoms with Crippen LogP contribution >= 0.6 is 0 Å². The van der Waals surface area contributed by atoms with Crippen LogP contribution in [0, 0.1) is 28.6 Å². The van der Waals surface area contributed by atoms with E-state index in [9.17, 15) is 5.11 Å². The van der Waals surface area contributed by atoms with Crippen molar-refractivity contribution < 1.29 is 5.11 Å². The lowest BCUT2D eigenvalue weighted by Crippen LogP contribution is -2.49. The van der Waals surface area contributed by atoms with E-state index >= 15 is 0 Å². The summed E-state index contributed by atoms with van der Waals surface area (Å²) in [7, 11) is 0. The Kier molecular flexibility index (Phi) is 3.39. The second-order valence-electron chi connectivity index (χ2n) is 8.94. The van der Waals surface area contributed by atoms with E-state index in [4.69, 9.17) is 0 Å². The highest BCUT2D eigenvalue weighted by Crippen LogP contribution is 2.66. The molecular weight excluding hydrogens is 268 g/mol. The molecular formula is C21H32O. The Balaban J connectivity index is 1.68. The molecule has 1 N–H and O–H groups in total. The molecule has 122 valence electrons. The molecule has 0 heterocycles. The van der Waals surface area contributed by atoms with Crippen molar-refractivity contribution in [3.8, 4) is 0 Å². The first-order valence-electron chi connectivity index (χ1n) is 9.54. The SMILES string of the molecule is C/C=C1/CCC2C3CCC4=C[C@@H](O)CC[C@]4(C)C3CC[C@]12C. The fraction of sp³-hybridized carbons (Fsp3) is 0.810. The summed E-state index contributed by atoms with van der Waals surface area (Å²) in [5, 5.41) is 10.0. The smallest absolute Gasteiger partial charge is 0.0724 e. The molecule has 4 aliphatic rings. The van der Waals surface area contributed by atoms with E-state index in [1.54, 1.807) is 11.1 Å². The molecule has 0 spiro atoms. The predicted molar refractivity (Wildman–Crippen MR) is 91.5 cm³/mol. The second-order valence-corrected chi connectivity index (χ2v) is 8.94. The Bertz CT molecular complexity index is 530. The van der Waals surface area contributed by atoms with Gasteiger partial charge in [-0.25, -0.2) is 0 Å². The van der Waals surface area contributed by atoms with Crippen LogP contribution in [0.15, 0.2) is 23.3 Å². The number of fused-ring (bicyclic) bond motifs is 5. The van der Waals surface area contributed by atoms with Gasteiger partial charge in [-0.05, 0) is 86.9 Å². The van der Waals surface area contributed by atoms with Gasteiger partial charge in [0.25, 0.3) is 0 Å². The number of aliphatic hydroxyl groups excluding tert-OH is 1. The van der Waals surface area contributed by atoms with Crippen LogP contribution in [0.5, 0.6) is 0 Å². The van der Waals surface area contributed by atoms with Gasteiger partial charge >= 0.3 is 0 Å². The standard InChI is InChI=1S/C21H32O/c1-4-14-6-8-18-17-7-5-15-13-16(22)9-11-21(15,3)19(17)10-12-20(14,18)2/h4,13,16-19,22H,5-12H2,1-3H3/b14-4-/t16-,17?,18?,19?,20+,21-/m0/s1. The van der Waals surface area contributed by atoms with Crippen LogP contribution in [0.25, 0.3) is 0 Å². The van der Waals surface area contributed by atoms with Crippen LogP contribution in [0.4, 0.5) is 0 Å². The zero-order valence-electron chi connectivity index (χ0n) is 14.6. The third kappa shape index (κ3) is 1.87. The summed E-state index contributed by atoms with van der Waals surface area (Å²) in [5.74, 6) is 2.71. The zero-order valence-corrected chi connectivity index (χ0v) is 14.6. The minimum absolute atomic E-state index is 0.172. The van der Waals surface area contributed by atoms with Gasteiger partial charge < -0.3 is 5.11 Å². The predicted octanol–water partition coefficient (Wildman–Crippen LogP) is 5.26. The van der Waals surface area contributed by atoms with Gasteiger partial charge in [0.1, 0.15) is 0 Å². The molecule has 6 atom stereocenters. The molecule has 0 aromatic carbocycles. The summed E-state index contributed by atoms with van der Waals surface area (Å²) >= 11 is 0. The topological polar surface area (TPSA) is 20.2 Å². The molecule has 0 aromatic rings. The van der Waals surface area contributed by atoms with Crippen LogP contribution < -0.4 is 0 Å². The molecule has 0 aromatic heterocycles. The summed E-state index contributed by atoms with van der Waals surface area (Å²) in [6.07, 6.45) is 14.8. The van der Waals surface area contributed by atoms with E-state index in [1.165, 1.54) is 44.9 Å². The summed E-state index contributed by atoms with van der Waals surface area (Å²) in [4.78, 5) is 0. The summed E-state index contributed by atoms with van der Waals surface area (Å²) in [6.45, 7) is 7.34. The van der Waals surface area contributed by atoms with Gasteiger partial charge in [0.15, 0.2) is 0 Å². The van der Waals surface area contributed by atoms with E-state index in [2.05, 4.69) is 32.9 Å². The summed E-state index contributed by atoms with van der Waals surface area (Å²) in [5.41, 5.74) is 4.24. The first-order chi connectivity index (χ1) is 10.5. The lowest BCUT2D eigenvalue weighted by Gasteiger charge is -2.58. The highest BCUT2D eigenvalue weighted by atomic mass is 16.3. The first-order valence-corrected chi connectivity index (χ1v) is 9.54. The van der Waals surface area contributed by atoms with Crippen molar-refractivity contribution in [2.45, 2.75) is 78.2 Å². The van der Waals surface area contributed by atoms with Crippen molar-refractivity contribution in [3.05, 3.63) is 23.3 Å². The van der Waals surface area contributed by atoms with Gasteiger partial charge in [-0.1, -0.05) is 37.1 Å². The average Bonchev–Trinajstić information content (AvgIpc) is 2.84. The quantitative estimate of drug-likeness (QED) is 0.605. The van der Waals surface area contributed by atoms with Gasteiger partial charge in [0.05, 0.1) is 6.10 Å². The fourth-order valence-corrected chi connectivity index (χ4v) is 7.03. The van der Waals surface area contributed by atoms with Crippen molar-refractivity contribution >= 4 is 0 Å². The maximum Gasteiger partial charge on any atom is 0.0724 e. The Hall–Kier alpha value is -0.560. The van der Waals surface area contributed by atoms with Gasteiger partial charge in [0, 0.05) is 0 Å². The highest BCUT2D eigenvalue weighted by molar-refractivity contribution is 5.28. The average molecular weight is 300 g/mol. The van der Waals surface area contributed by atoms with Crippen molar-refractivity contribution in [3.63, 3.8) is 0 Å². The van der Waals surface area contributed by atoms with Crippen LogP contribution in [0.1, 0.15) is 72.1 Å². The second kappa shape index (κ2) is 4.97. The van der Waals surface area contributed by atoms with Gasteiger partial charge in [-0.2, -0.15) is 0 Å². The monoisotopic (exact) mass is 300 g/mol. The lowest BCUT2D eigenvalue weighted by molar-refractivity contribution is -0.0314. The van der Waals surface area contributed by atoms with Crippen LogP contribution in [-0.2, 0) is 0 Å². The fourth-order valence-electron chi connectivity index (χ4n) is 7.03. The Morgan fingerprint density at radius 1 is 1.00 bits per heavy atom. The largest absolute Gasteiger partial charge is 0.389 e. The molecule has 1 heteroatoms.